The maximum absolute atomic E-state index is 12.8. The number of hydrogen-bond donors (Lipinski definition) is 2. The van der Waals surface area contributed by atoms with E-state index in [0.717, 1.165) is 17.0 Å². The van der Waals surface area contributed by atoms with Gasteiger partial charge in [0, 0.05) is 11.8 Å². The maximum atomic E-state index is 12.8. The molecule has 0 saturated heterocycles. The lowest BCUT2D eigenvalue weighted by Gasteiger charge is -2.19. The Labute approximate surface area is 145 Å². The number of carbonyl (C=O) groups is 1. The van der Waals surface area contributed by atoms with Crippen molar-refractivity contribution in [1.29, 1.82) is 0 Å². The molecular weight excluding hydrogens is 318 g/mol. The first kappa shape index (κ1) is 16.6. The van der Waals surface area contributed by atoms with Crippen molar-refractivity contribution in [2.24, 2.45) is 0 Å². The number of methoxy groups -OCH3 is 1. The SMILES string of the molecule is COc1ccc(N[C@H](C(=O)Nc2cc(C)on2)c2ccccc2)cc1. The number of rotatable bonds is 6. The normalized spacial score (nSPS) is 11.6. The summed E-state index contributed by atoms with van der Waals surface area (Å²) in [5, 5.41) is 9.83. The highest BCUT2D eigenvalue weighted by Crippen LogP contribution is 2.23. The summed E-state index contributed by atoms with van der Waals surface area (Å²) in [5.74, 6) is 1.55. The van der Waals surface area contributed by atoms with Gasteiger partial charge in [-0.1, -0.05) is 35.5 Å². The van der Waals surface area contributed by atoms with Crippen molar-refractivity contribution in [2.75, 3.05) is 17.7 Å². The van der Waals surface area contributed by atoms with Gasteiger partial charge in [0.15, 0.2) is 5.82 Å². The number of hydrogen-bond acceptors (Lipinski definition) is 5. The minimum Gasteiger partial charge on any atom is -0.497 e. The van der Waals surface area contributed by atoms with Crippen LogP contribution in [0.15, 0.2) is 65.2 Å². The molecule has 0 unspecified atom stereocenters. The lowest BCUT2D eigenvalue weighted by molar-refractivity contribution is -0.117. The van der Waals surface area contributed by atoms with E-state index in [2.05, 4.69) is 15.8 Å². The van der Waals surface area contributed by atoms with Gasteiger partial charge in [0.25, 0.3) is 5.91 Å². The van der Waals surface area contributed by atoms with Crippen LogP contribution in [0.3, 0.4) is 0 Å². The summed E-state index contributed by atoms with van der Waals surface area (Å²) in [5.41, 5.74) is 1.65. The van der Waals surface area contributed by atoms with Gasteiger partial charge in [0.1, 0.15) is 17.6 Å². The Balaban J connectivity index is 1.82. The van der Waals surface area contributed by atoms with Crippen molar-refractivity contribution in [2.45, 2.75) is 13.0 Å². The van der Waals surface area contributed by atoms with Crippen LogP contribution in [0.4, 0.5) is 11.5 Å². The molecule has 0 aliphatic carbocycles. The lowest BCUT2D eigenvalue weighted by atomic mass is 10.1. The number of aromatic nitrogens is 1. The van der Waals surface area contributed by atoms with Gasteiger partial charge >= 0.3 is 0 Å². The number of carbonyl (C=O) groups excluding carboxylic acids is 1. The molecule has 1 heterocycles. The minimum atomic E-state index is -0.577. The van der Waals surface area contributed by atoms with Gasteiger partial charge < -0.3 is 19.9 Å². The molecule has 0 spiro atoms. The highest BCUT2D eigenvalue weighted by Gasteiger charge is 2.21. The van der Waals surface area contributed by atoms with Crippen molar-refractivity contribution in [3.05, 3.63) is 72.0 Å². The van der Waals surface area contributed by atoms with Gasteiger partial charge in [0.05, 0.1) is 7.11 Å². The molecule has 6 nitrogen and oxygen atoms in total. The van der Waals surface area contributed by atoms with E-state index in [1.165, 1.54) is 0 Å². The highest BCUT2D eigenvalue weighted by atomic mass is 16.5. The monoisotopic (exact) mass is 337 g/mol. The van der Waals surface area contributed by atoms with Crippen LogP contribution >= 0.6 is 0 Å². The van der Waals surface area contributed by atoms with Gasteiger partial charge in [-0.25, -0.2) is 0 Å². The van der Waals surface area contributed by atoms with Crippen LogP contribution in [-0.2, 0) is 4.79 Å². The number of benzene rings is 2. The van der Waals surface area contributed by atoms with E-state index >= 15 is 0 Å². The lowest BCUT2D eigenvalue weighted by Crippen LogP contribution is -2.27. The zero-order valence-electron chi connectivity index (χ0n) is 14.0. The Hall–Kier alpha value is -3.28. The third-order valence-electron chi connectivity index (χ3n) is 3.68. The van der Waals surface area contributed by atoms with Crippen molar-refractivity contribution >= 4 is 17.4 Å². The van der Waals surface area contributed by atoms with E-state index in [4.69, 9.17) is 9.26 Å². The fraction of sp³-hybridized carbons (Fsp3) is 0.158. The summed E-state index contributed by atoms with van der Waals surface area (Å²) in [4.78, 5) is 12.8. The number of nitrogens with one attached hydrogen (secondary N) is 2. The molecule has 0 aliphatic heterocycles. The third-order valence-corrected chi connectivity index (χ3v) is 3.68. The summed E-state index contributed by atoms with van der Waals surface area (Å²) >= 11 is 0. The summed E-state index contributed by atoms with van der Waals surface area (Å²) < 4.78 is 10.2. The topological polar surface area (TPSA) is 76.4 Å². The van der Waals surface area contributed by atoms with Crippen molar-refractivity contribution in [3.8, 4) is 5.75 Å². The van der Waals surface area contributed by atoms with E-state index in [9.17, 15) is 4.79 Å². The van der Waals surface area contributed by atoms with E-state index < -0.39 is 6.04 Å². The molecule has 128 valence electrons. The second-order valence-electron chi connectivity index (χ2n) is 5.53. The van der Waals surface area contributed by atoms with Crippen LogP contribution in [0.2, 0.25) is 0 Å². The van der Waals surface area contributed by atoms with Gasteiger partial charge in [-0.3, -0.25) is 4.79 Å². The fourth-order valence-electron chi connectivity index (χ4n) is 2.42. The minimum absolute atomic E-state index is 0.227. The molecule has 0 radical (unpaired) electrons. The Morgan fingerprint density at radius 1 is 1.12 bits per heavy atom. The largest absolute Gasteiger partial charge is 0.497 e. The van der Waals surface area contributed by atoms with Crippen molar-refractivity contribution in [3.63, 3.8) is 0 Å². The first-order valence-corrected chi connectivity index (χ1v) is 7.85. The second-order valence-corrected chi connectivity index (χ2v) is 5.53. The molecule has 0 fully saturated rings. The molecule has 0 saturated carbocycles. The maximum Gasteiger partial charge on any atom is 0.252 e. The Morgan fingerprint density at radius 2 is 1.84 bits per heavy atom. The van der Waals surface area contributed by atoms with Crippen LogP contribution in [-0.4, -0.2) is 18.2 Å². The number of anilines is 2. The van der Waals surface area contributed by atoms with Crippen LogP contribution in [0, 0.1) is 6.92 Å². The van der Waals surface area contributed by atoms with Gasteiger partial charge in [-0.15, -0.1) is 0 Å². The summed E-state index contributed by atoms with van der Waals surface area (Å²) in [6, 6.07) is 18.0. The molecule has 0 bridgehead atoms. The average molecular weight is 337 g/mol. The van der Waals surface area contributed by atoms with Crippen LogP contribution in [0.25, 0.3) is 0 Å². The number of aryl methyl sites for hydroxylation is 1. The van der Waals surface area contributed by atoms with Crippen molar-refractivity contribution in [1.82, 2.24) is 5.16 Å². The zero-order valence-corrected chi connectivity index (χ0v) is 14.0. The van der Waals surface area contributed by atoms with E-state index in [0.29, 0.717) is 11.6 Å². The Bertz CT molecular complexity index is 829. The van der Waals surface area contributed by atoms with Gasteiger partial charge in [-0.2, -0.15) is 0 Å². The molecular formula is C19H19N3O3. The predicted octanol–water partition coefficient (Wildman–Crippen LogP) is 3.78. The molecule has 25 heavy (non-hydrogen) atoms. The first-order valence-electron chi connectivity index (χ1n) is 7.85. The first-order chi connectivity index (χ1) is 12.2. The highest BCUT2D eigenvalue weighted by molar-refractivity contribution is 5.96. The Kier molecular flexibility index (Phi) is 4.99. The third kappa shape index (κ3) is 4.17. The van der Waals surface area contributed by atoms with E-state index in [-0.39, 0.29) is 5.91 Å². The summed E-state index contributed by atoms with van der Waals surface area (Å²) in [7, 11) is 1.61. The van der Waals surface area contributed by atoms with Crippen LogP contribution < -0.4 is 15.4 Å². The van der Waals surface area contributed by atoms with Crippen LogP contribution in [0.1, 0.15) is 17.4 Å². The molecule has 6 heteroatoms. The van der Waals surface area contributed by atoms with Crippen molar-refractivity contribution < 1.29 is 14.1 Å². The molecule has 1 atom stereocenters. The standard InChI is InChI=1S/C19H19N3O3/c1-13-12-17(22-25-13)21-19(23)18(14-6-4-3-5-7-14)20-15-8-10-16(24-2)11-9-15/h3-12,18,20H,1-2H3,(H,21,22,23)/t18-/m0/s1. The molecule has 3 rings (SSSR count). The number of ether oxygens (including phenoxy) is 1. The summed E-state index contributed by atoms with van der Waals surface area (Å²) in [6.07, 6.45) is 0. The number of nitrogens with zero attached hydrogens (tertiary/aromatic N) is 1. The molecule has 2 N–H and O–H groups in total. The number of amides is 1. The van der Waals surface area contributed by atoms with E-state index in [1.54, 1.807) is 20.1 Å². The zero-order chi connectivity index (χ0) is 17.6. The quantitative estimate of drug-likeness (QED) is 0.716. The predicted molar refractivity (Wildman–Crippen MR) is 95.7 cm³/mol. The molecule has 1 amide bonds. The fourth-order valence-corrected chi connectivity index (χ4v) is 2.42. The summed E-state index contributed by atoms with van der Waals surface area (Å²) in [6.45, 7) is 1.77. The van der Waals surface area contributed by atoms with E-state index in [1.807, 2.05) is 54.6 Å². The molecule has 1 aromatic heterocycles. The second kappa shape index (κ2) is 7.53. The van der Waals surface area contributed by atoms with Gasteiger partial charge in [-0.05, 0) is 36.8 Å². The van der Waals surface area contributed by atoms with Gasteiger partial charge in [0.2, 0.25) is 0 Å². The molecule has 2 aromatic carbocycles. The Morgan fingerprint density at radius 3 is 2.44 bits per heavy atom. The smallest absolute Gasteiger partial charge is 0.252 e. The molecule has 3 aromatic rings. The van der Waals surface area contributed by atoms with Crippen LogP contribution in [0.5, 0.6) is 5.75 Å². The molecule has 0 aliphatic rings. The average Bonchev–Trinajstić information content (AvgIpc) is 3.05.